The number of anilines is 1. The highest BCUT2D eigenvalue weighted by atomic mass is 16.1. The molecule has 0 saturated carbocycles. The summed E-state index contributed by atoms with van der Waals surface area (Å²) in [6, 6.07) is 15.5. The molecule has 0 spiro atoms. The summed E-state index contributed by atoms with van der Waals surface area (Å²) >= 11 is 0. The van der Waals surface area contributed by atoms with Crippen molar-refractivity contribution in [3.8, 4) is 11.5 Å². The topological polar surface area (TPSA) is 111 Å². The number of aryl methyl sites for hydroxylation is 1. The minimum absolute atomic E-state index is 0.272. The first kappa shape index (κ1) is 19.2. The van der Waals surface area contributed by atoms with Crippen molar-refractivity contribution in [2.45, 2.75) is 38.6 Å². The van der Waals surface area contributed by atoms with Crippen LogP contribution in [-0.2, 0) is 19.4 Å². The molecule has 8 nitrogen and oxygen atoms in total. The largest absolute Gasteiger partial charge is 0.366 e. The minimum Gasteiger partial charge on any atom is -0.366 e. The number of amides is 1. The van der Waals surface area contributed by atoms with Crippen LogP contribution in [-0.4, -0.2) is 30.7 Å². The summed E-state index contributed by atoms with van der Waals surface area (Å²) in [7, 11) is 0. The highest BCUT2D eigenvalue weighted by molar-refractivity contribution is 5.92. The number of carbonyl (C=O) groups is 1. The zero-order valence-corrected chi connectivity index (χ0v) is 17.1. The fraction of sp³-hybridized carbons (Fsp3) is 0.261. The lowest BCUT2D eigenvalue weighted by Crippen LogP contribution is -2.16. The fourth-order valence-electron chi connectivity index (χ4n) is 4.07. The van der Waals surface area contributed by atoms with Gasteiger partial charge in [-0.2, -0.15) is 0 Å². The van der Waals surface area contributed by atoms with Gasteiger partial charge in [-0.1, -0.05) is 48.0 Å². The number of nitrogens with one attached hydrogen (secondary N) is 1. The van der Waals surface area contributed by atoms with Gasteiger partial charge in [-0.15, -0.1) is 5.10 Å². The van der Waals surface area contributed by atoms with Crippen LogP contribution in [0.5, 0.6) is 0 Å². The molecule has 3 heterocycles. The van der Waals surface area contributed by atoms with Crippen LogP contribution in [0.4, 0.5) is 5.82 Å². The summed E-state index contributed by atoms with van der Waals surface area (Å²) in [5.74, 6) is 0.793. The van der Waals surface area contributed by atoms with E-state index >= 15 is 0 Å². The molecule has 0 bridgehead atoms. The van der Waals surface area contributed by atoms with Crippen LogP contribution < -0.4 is 11.1 Å². The van der Waals surface area contributed by atoms with Crippen molar-refractivity contribution in [2.24, 2.45) is 5.73 Å². The van der Waals surface area contributed by atoms with Gasteiger partial charge >= 0.3 is 0 Å². The number of carbonyl (C=O) groups excluding carboxylic acids is 1. The van der Waals surface area contributed by atoms with Crippen molar-refractivity contribution in [1.82, 2.24) is 24.8 Å². The Morgan fingerprint density at radius 3 is 2.68 bits per heavy atom. The van der Waals surface area contributed by atoms with E-state index in [0.717, 1.165) is 37.2 Å². The number of fused-ring (bicyclic) bond motifs is 2. The molecule has 8 heteroatoms. The highest BCUT2D eigenvalue weighted by Gasteiger charge is 2.21. The van der Waals surface area contributed by atoms with Crippen molar-refractivity contribution >= 4 is 17.2 Å². The second-order valence-electron chi connectivity index (χ2n) is 7.73. The van der Waals surface area contributed by atoms with Gasteiger partial charge in [-0.3, -0.25) is 4.79 Å². The van der Waals surface area contributed by atoms with Gasteiger partial charge in [-0.05, 0) is 43.4 Å². The lowest BCUT2D eigenvalue weighted by atomic mass is 10.1. The average Bonchev–Trinajstić information content (AvgIpc) is 3.08. The maximum absolute atomic E-state index is 11.8. The Bertz CT molecular complexity index is 1250. The molecular formula is C23H23N7O. The predicted molar refractivity (Wildman–Crippen MR) is 118 cm³/mol. The van der Waals surface area contributed by atoms with E-state index in [1.165, 1.54) is 22.1 Å². The number of nitrogens with two attached hydrogens (primary N) is 1. The number of hydrogen-bond donors (Lipinski definition) is 2. The van der Waals surface area contributed by atoms with Gasteiger partial charge in [-0.25, -0.2) is 14.5 Å². The molecule has 156 valence electrons. The van der Waals surface area contributed by atoms with Gasteiger partial charge in [0.15, 0.2) is 11.5 Å². The Balaban J connectivity index is 1.59. The first-order chi connectivity index (χ1) is 15.2. The van der Waals surface area contributed by atoms with Crippen molar-refractivity contribution in [1.29, 1.82) is 0 Å². The third-order valence-electron chi connectivity index (χ3n) is 5.64. The Hall–Kier alpha value is -3.81. The van der Waals surface area contributed by atoms with E-state index in [9.17, 15) is 4.79 Å². The first-order valence-corrected chi connectivity index (χ1v) is 10.5. The Labute approximate surface area is 179 Å². The molecule has 1 aliphatic carbocycles. The lowest BCUT2D eigenvalue weighted by molar-refractivity contribution is 0.0993. The molecule has 0 atom stereocenters. The van der Waals surface area contributed by atoms with Gasteiger partial charge in [0.05, 0.1) is 5.52 Å². The monoisotopic (exact) mass is 413 g/mol. The SMILES string of the molecule is NC(=O)c1cccc2c(-c3nc4c(c(NCc5ccccc5)n3)CCCCC4)nnn12. The number of benzene rings is 1. The summed E-state index contributed by atoms with van der Waals surface area (Å²) in [6.45, 7) is 0.678. The van der Waals surface area contributed by atoms with Gasteiger partial charge in [0.1, 0.15) is 11.5 Å². The van der Waals surface area contributed by atoms with Crippen molar-refractivity contribution < 1.29 is 4.79 Å². The first-order valence-electron chi connectivity index (χ1n) is 10.5. The van der Waals surface area contributed by atoms with Crippen LogP contribution in [0.15, 0.2) is 48.5 Å². The number of nitrogens with zero attached hydrogens (tertiary/aromatic N) is 5. The normalized spacial score (nSPS) is 13.5. The number of aromatic nitrogens is 5. The molecule has 31 heavy (non-hydrogen) atoms. The van der Waals surface area contributed by atoms with Gasteiger partial charge in [0, 0.05) is 17.8 Å². The van der Waals surface area contributed by atoms with Crippen molar-refractivity contribution in [3.63, 3.8) is 0 Å². The summed E-state index contributed by atoms with van der Waals surface area (Å²) in [4.78, 5) is 21.5. The number of primary amides is 1. The summed E-state index contributed by atoms with van der Waals surface area (Å²) in [6.07, 6.45) is 5.29. The third-order valence-corrected chi connectivity index (χ3v) is 5.64. The molecule has 4 aromatic rings. The van der Waals surface area contributed by atoms with Crippen LogP contribution in [0, 0.1) is 0 Å². The quantitative estimate of drug-likeness (QED) is 0.486. The molecule has 3 aromatic heterocycles. The number of hydrogen-bond acceptors (Lipinski definition) is 6. The molecular weight excluding hydrogens is 390 g/mol. The number of rotatable bonds is 5. The van der Waals surface area contributed by atoms with Gasteiger partial charge in [0.2, 0.25) is 0 Å². The molecule has 1 aromatic carbocycles. The zero-order valence-electron chi connectivity index (χ0n) is 17.1. The third kappa shape index (κ3) is 3.72. The predicted octanol–water partition coefficient (Wildman–Crippen LogP) is 3.17. The molecule has 0 unspecified atom stereocenters. The average molecular weight is 413 g/mol. The van der Waals surface area contributed by atoms with Gasteiger partial charge in [0.25, 0.3) is 5.91 Å². The van der Waals surface area contributed by atoms with E-state index in [0.29, 0.717) is 23.6 Å². The molecule has 1 amide bonds. The molecule has 0 radical (unpaired) electrons. The smallest absolute Gasteiger partial charge is 0.267 e. The molecule has 0 saturated heterocycles. The van der Waals surface area contributed by atoms with E-state index in [1.54, 1.807) is 12.1 Å². The summed E-state index contributed by atoms with van der Waals surface area (Å²) in [5, 5.41) is 11.9. The minimum atomic E-state index is -0.560. The van der Waals surface area contributed by atoms with Crippen LogP contribution in [0.3, 0.4) is 0 Å². The Kier molecular flexibility index (Phi) is 5.03. The van der Waals surface area contributed by atoms with E-state index in [4.69, 9.17) is 15.7 Å². The van der Waals surface area contributed by atoms with Crippen molar-refractivity contribution in [3.05, 3.63) is 71.0 Å². The van der Waals surface area contributed by atoms with E-state index in [-0.39, 0.29) is 5.69 Å². The van der Waals surface area contributed by atoms with E-state index < -0.39 is 5.91 Å². The molecule has 0 aliphatic heterocycles. The highest BCUT2D eigenvalue weighted by Crippen LogP contribution is 2.29. The Morgan fingerprint density at radius 1 is 1.00 bits per heavy atom. The van der Waals surface area contributed by atoms with Crippen LogP contribution in [0.1, 0.15) is 46.6 Å². The van der Waals surface area contributed by atoms with Crippen LogP contribution in [0.2, 0.25) is 0 Å². The second-order valence-corrected chi connectivity index (χ2v) is 7.73. The summed E-state index contributed by atoms with van der Waals surface area (Å²) < 4.78 is 1.45. The second kappa shape index (κ2) is 8.14. The summed E-state index contributed by atoms with van der Waals surface area (Å²) in [5.41, 5.74) is 10.4. The maximum Gasteiger partial charge on any atom is 0.267 e. The molecule has 3 N–H and O–H groups in total. The van der Waals surface area contributed by atoms with E-state index in [2.05, 4.69) is 27.8 Å². The van der Waals surface area contributed by atoms with E-state index in [1.807, 2.05) is 24.3 Å². The lowest BCUT2D eigenvalue weighted by Gasteiger charge is -2.14. The maximum atomic E-state index is 11.8. The van der Waals surface area contributed by atoms with Gasteiger partial charge < -0.3 is 11.1 Å². The standard InChI is InChI=1S/C23H23N7O/c24-21(31)19-13-7-12-18-20(28-29-30(18)19)23-26-17-11-6-2-5-10-16(17)22(27-23)25-14-15-8-3-1-4-9-15/h1,3-4,7-9,12-13H,2,5-6,10-11,14H2,(H2,24,31)(H,25,26,27). The van der Waals surface area contributed by atoms with Crippen LogP contribution in [0.25, 0.3) is 17.0 Å². The Morgan fingerprint density at radius 2 is 1.84 bits per heavy atom. The fourth-order valence-corrected chi connectivity index (χ4v) is 4.07. The number of pyridine rings is 1. The molecule has 0 fully saturated rings. The molecule has 5 rings (SSSR count). The van der Waals surface area contributed by atoms with Crippen molar-refractivity contribution in [2.75, 3.05) is 5.32 Å². The molecule has 1 aliphatic rings. The van der Waals surface area contributed by atoms with Crippen LogP contribution >= 0.6 is 0 Å². The zero-order chi connectivity index (χ0) is 21.2.